The number of carbonyl (C=O) groups is 6. The number of hydrogen-bond donors (Lipinski definition) is 9. The number of primary amides is 2. The molecule has 5 unspecified atom stereocenters. The third kappa shape index (κ3) is 14.0. The predicted molar refractivity (Wildman–Crippen MR) is 138 cm³/mol. The van der Waals surface area contributed by atoms with Crippen LogP contribution in [0.5, 0.6) is 0 Å². The number of guanidine groups is 1. The van der Waals surface area contributed by atoms with Crippen molar-refractivity contribution in [1.82, 2.24) is 16.0 Å². The molecule has 0 heterocycles. The monoisotopic (exact) mass is 543 g/mol. The van der Waals surface area contributed by atoms with Crippen LogP contribution in [0, 0.1) is 5.92 Å². The highest BCUT2D eigenvalue weighted by Gasteiger charge is 2.32. The number of carboxylic acid groups (broad SMARTS) is 1. The highest BCUT2D eigenvalue weighted by atomic mass is 16.4. The van der Waals surface area contributed by atoms with Gasteiger partial charge in [-0.3, -0.25) is 29.0 Å². The van der Waals surface area contributed by atoms with Crippen LogP contribution in [0.1, 0.15) is 58.8 Å². The van der Waals surface area contributed by atoms with Gasteiger partial charge in [-0.1, -0.05) is 20.3 Å². The lowest BCUT2D eigenvalue weighted by atomic mass is 9.96. The van der Waals surface area contributed by atoms with Gasteiger partial charge in [0.2, 0.25) is 29.5 Å². The lowest BCUT2D eigenvalue weighted by molar-refractivity contribution is -0.143. The molecule has 38 heavy (non-hydrogen) atoms. The van der Waals surface area contributed by atoms with Gasteiger partial charge in [0.15, 0.2) is 5.96 Å². The highest BCUT2D eigenvalue weighted by molar-refractivity contribution is 5.94. The number of rotatable bonds is 19. The maximum Gasteiger partial charge on any atom is 0.326 e. The Morgan fingerprint density at radius 3 is 1.79 bits per heavy atom. The molecule has 0 radical (unpaired) electrons. The second-order valence-corrected chi connectivity index (χ2v) is 8.90. The summed E-state index contributed by atoms with van der Waals surface area (Å²) in [6.07, 6.45) is 0.0261. The lowest BCUT2D eigenvalue weighted by Crippen LogP contribution is -2.58. The number of nitrogens with two attached hydrogens (primary N) is 5. The molecule has 0 aliphatic carbocycles. The number of nitrogens with zero attached hydrogens (tertiary/aromatic N) is 1. The molecule has 5 amide bonds. The summed E-state index contributed by atoms with van der Waals surface area (Å²) in [5.74, 6) is -5.66. The van der Waals surface area contributed by atoms with Gasteiger partial charge in [-0.25, -0.2) is 4.79 Å². The van der Waals surface area contributed by atoms with E-state index in [0.717, 1.165) is 0 Å². The number of nitrogens with one attached hydrogen (secondary N) is 3. The number of carboxylic acids is 1. The third-order valence-corrected chi connectivity index (χ3v) is 5.70. The molecule has 0 aromatic rings. The fraction of sp³-hybridized carbons (Fsp3) is 0.682. The molecule has 0 fully saturated rings. The first kappa shape index (κ1) is 34.0. The SMILES string of the molecule is CCC(C)C(NC(=O)C(N)CCCN=C(N)N)C(=O)NC(CCC(N)=O)C(=O)NC(CCC(N)=O)C(=O)O. The molecular weight excluding hydrogens is 502 g/mol. The van der Waals surface area contributed by atoms with E-state index in [1.807, 2.05) is 0 Å². The fourth-order valence-corrected chi connectivity index (χ4v) is 3.25. The normalized spacial score (nSPS) is 14.6. The Morgan fingerprint density at radius 2 is 1.32 bits per heavy atom. The largest absolute Gasteiger partial charge is 0.480 e. The molecule has 16 nitrogen and oxygen atoms in total. The fourth-order valence-electron chi connectivity index (χ4n) is 3.25. The number of aliphatic carboxylic acids is 1. The van der Waals surface area contributed by atoms with Crippen LogP contribution in [0.3, 0.4) is 0 Å². The van der Waals surface area contributed by atoms with Gasteiger partial charge in [0.1, 0.15) is 18.1 Å². The van der Waals surface area contributed by atoms with Crippen LogP contribution >= 0.6 is 0 Å². The van der Waals surface area contributed by atoms with Crippen LogP contribution in [0.2, 0.25) is 0 Å². The molecule has 216 valence electrons. The molecule has 0 aliphatic rings. The van der Waals surface area contributed by atoms with E-state index >= 15 is 0 Å². The van der Waals surface area contributed by atoms with Crippen molar-refractivity contribution in [1.29, 1.82) is 0 Å². The molecule has 0 aromatic heterocycles. The van der Waals surface area contributed by atoms with Crippen molar-refractivity contribution in [2.45, 2.75) is 83.0 Å². The second-order valence-electron chi connectivity index (χ2n) is 8.90. The van der Waals surface area contributed by atoms with Gasteiger partial charge in [-0.15, -0.1) is 0 Å². The Morgan fingerprint density at radius 1 is 0.789 bits per heavy atom. The Kier molecular flexibility index (Phi) is 15.7. The lowest BCUT2D eigenvalue weighted by Gasteiger charge is -2.28. The number of hydrogen-bond acceptors (Lipinski definition) is 8. The Hall–Kier alpha value is -3.95. The molecule has 0 saturated carbocycles. The zero-order chi connectivity index (χ0) is 29.4. The average molecular weight is 544 g/mol. The average Bonchev–Trinajstić information content (AvgIpc) is 2.83. The van der Waals surface area contributed by atoms with Crippen molar-refractivity contribution < 1.29 is 33.9 Å². The second kappa shape index (κ2) is 17.5. The smallest absolute Gasteiger partial charge is 0.326 e. The third-order valence-electron chi connectivity index (χ3n) is 5.70. The Labute approximate surface area is 220 Å². The summed E-state index contributed by atoms with van der Waals surface area (Å²) in [4.78, 5) is 76.3. The van der Waals surface area contributed by atoms with Gasteiger partial charge in [0.05, 0.1) is 6.04 Å². The predicted octanol–water partition coefficient (Wildman–Crippen LogP) is -3.52. The molecule has 0 bridgehead atoms. The van der Waals surface area contributed by atoms with Gasteiger partial charge < -0.3 is 49.7 Å². The molecule has 0 aromatic carbocycles. The number of carbonyl (C=O) groups excluding carboxylic acids is 5. The van der Waals surface area contributed by atoms with Gasteiger partial charge in [-0.2, -0.15) is 0 Å². The van der Waals surface area contributed by atoms with Crippen LogP contribution < -0.4 is 44.6 Å². The van der Waals surface area contributed by atoms with Crippen LogP contribution in [0.15, 0.2) is 4.99 Å². The van der Waals surface area contributed by atoms with E-state index in [0.29, 0.717) is 12.8 Å². The van der Waals surface area contributed by atoms with Gasteiger partial charge >= 0.3 is 5.97 Å². The molecule has 14 N–H and O–H groups in total. The van der Waals surface area contributed by atoms with Gasteiger partial charge in [0.25, 0.3) is 0 Å². The zero-order valence-electron chi connectivity index (χ0n) is 21.8. The van der Waals surface area contributed by atoms with Crippen molar-refractivity contribution in [3.8, 4) is 0 Å². The van der Waals surface area contributed by atoms with Gasteiger partial charge in [0, 0.05) is 19.4 Å². The summed E-state index contributed by atoms with van der Waals surface area (Å²) in [6.45, 7) is 3.77. The van der Waals surface area contributed by atoms with E-state index in [2.05, 4.69) is 20.9 Å². The Balaban J connectivity index is 5.55. The van der Waals surface area contributed by atoms with Crippen molar-refractivity contribution in [3.05, 3.63) is 0 Å². The molecule has 16 heteroatoms. The van der Waals surface area contributed by atoms with Crippen molar-refractivity contribution in [3.63, 3.8) is 0 Å². The summed E-state index contributed by atoms with van der Waals surface area (Å²) in [5, 5.41) is 16.6. The first-order chi connectivity index (χ1) is 17.7. The summed E-state index contributed by atoms with van der Waals surface area (Å²) in [7, 11) is 0. The minimum absolute atomic E-state index is 0.0889. The highest BCUT2D eigenvalue weighted by Crippen LogP contribution is 2.11. The van der Waals surface area contributed by atoms with Crippen molar-refractivity contribution in [2.75, 3.05) is 6.54 Å². The maximum absolute atomic E-state index is 13.1. The first-order valence-electron chi connectivity index (χ1n) is 12.2. The Bertz CT molecular complexity index is 877. The number of aliphatic imine (C=N–C) groups is 1. The van der Waals surface area contributed by atoms with E-state index < -0.39 is 59.7 Å². The van der Waals surface area contributed by atoms with Gasteiger partial charge in [-0.05, 0) is 31.6 Å². The molecule has 0 saturated heterocycles. The molecule has 0 spiro atoms. The van der Waals surface area contributed by atoms with Crippen LogP contribution in [-0.4, -0.2) is 77.3 Å². The van der Waals surface area contributed by atoms with Crippen LogP contribution in [0.25, 0.3) is 0 Å². The van der Waals surface area contributed by atoms with E-state index in [1.165, 1.54) is 0 Å². The van der Waals surface area contributed by atoms with E-state index in [4.69, 9.17) is 28.7 Å². The van der Waals surface area contributed by atoms with E-state index in [-0.39, 0.29) is 50.5 Å². The summed E-state index contributed by atoms with van der Waals surface area (Å²) in [6, 6.07) is -4.88. The summed E-state index contributed by atoms with van der Waals surface area (Å²) >= 11 is 0. The first-order valence-corrected chi connectivity index (χ1v) is 12.2. The molecule has 0 aliphatic heterocycles. The van der Waals surface area contributed by atoms with Crippen molar-refractivity contribution >= 4 is 41.5 Å². The maximum atomic E-state index is 13.1. The standard InChI is InChI=1S/C22H41N9O7/c1-3-11(2)17(31-18(34)12(23)5-4-10-28-22(26)27)20(36)29-13(6-8-15(24)32)19(35)30-14(21(37)38)7-9-16(25)33/h11-14,17H,3-10,23H2,1-2H3,(H2,24,32)(H2,25,33)(H,29,36)(H,30,35)(H,31,34)(H,37,38)(H4,26,27,28). The van der Waals surface area contributed by atoms with Crippen LogP contribution in [0.4, 0.5) is 0 Å². The minimum atomic E-state index is -1.47. The van der Waals surface area contributed by atoms with Crippen LogP contribution in [-0.2, 0) is 28.8 Å². The summed E-state index contributed by atoms with van der Waals surface area (Å²) < 4.78 is 0. The molecule has 5 atom stereocenters. The minimum Gasteiger partial charge on any atom is -0.480 e. The topological polar surface area (TPSA) is 301 Å². The molecule has 0 rings (SSSR count). The van der Waals surface area contributed by atoms with E-state index in [9.17, 15) is 33.9 Å². The zero-order valence-corrected chi connectivity index (χ0v) is 21.8. The van der Waals surface area contributed by atoms with Crippen molar-refractivity contribution in [2.24, 2.45) is 39.6 Å². The molecular formula is C22H41N9O7. The quantitative estimate of drug-likeness (QED) is 0.0439. The number of amides is 5. The summed E-state index contributed by atoms with van der Waals surface area (Å²) in [5.41, 5.74) is 26.7. The van der Waals surface area contributed by atoms with E-state index in [1.54, 1.807) is 13.8 Å².